The molecule has 127 valence electrons. The van der Waals surface area contributed by atoms with Crippen molar-refractivity contribution in [3.05, 3.63) is 58.3 Å². The average Bonchev–Trinajstić information content (AvgIpc) is 3.09. The highest BCUT2D eigenvalue weighted by Gasteiger charge is 2.49. The first kappa shape index (κ1) is 19.0. The second-order valence-electron chi connectivity index (χ2n) is 5.22. The standard InChI is InChI=1S/C16H15BrNO4S2/c1-18(2)24(21,22)14(12-7-4-3-5-8-12)15(20)16(17,11-19)13-9-6-10-23-13/h3-10,14H,1-2H3. The molecule has 1 heterocycles. The van der Waals surface area contributed by atoms with Gasteiger partial charge in [-0.3, -0.25) is 9.59 Å². The lowest BCUT2D eigenvalue weighted by Crippen LogP contribution is -2.41. The Kier molecular flexibility index (Phi) is 5.74. The summed E-state index contributed by atoms with van der Waals surface area (Å²) < 4.78 is 24.7. The predicted octanol–water partition coefficient (Wildman–Crippen LogP) is 2.65. The van der Waals surface area contributed by atoms with E-state index >= 15 is 0 Å². The van der Waals surface area contributed by atoms with Crippen molar-refractivity contribution >= 4 is 49.4 Å². The Labute approximate surface area is 153 Å². The second kappa shape index (κ2) is 7.26. The average molecular weight is 429 g/mol. The molecule has 1 aromatic carbocycles. The Hall–Kier alpha value is -1.35. The summed E-state index contributed by atoms with van der Waals surface area (Å²) in [6.45, 7) is 0. The smallest absolute Gasteiger partial charge is 0.230 e. The van der Waals surface area contributed by atoms with Gasteiger partial charge in [0.25, 0.3) is 0 Å². The number of nitrogens with zero attached hydrogens (tertiary/aromatic N) is 1. The van der Waals surface area contributed by atoms with Gasteiger partial charge < -0.3 is 0 Å². The molecular weight excluding hydrogens is 414 g/mol. The van der Waals surface area contributed by atoms with Crippen molar-refractivity contribution in [2.45, 2.75) is 9.57 Å². The van der Waals surface area contributed by atoms with E-state index in [-0.39, 0.29) is 0 Å². The van der Waals surface area contributed by atoms with Crippen LogP contribution in [0.25, 0.3) is 0 Å². The van der Waals surface area contributed by atoms with Crippen molar-refractivity contribution < 1.29 is 18.0 Å². The number of sulfonamides is 1. The molecule has 0 N–H and O–H groups in total. The van der Waals surface area contributed by atoms with E-state index < -0.39 is 25.4 Å². The summed E-state index contributed by atoms with van der Waals surface area (Å²) in [5.41, 5.74) is 0.298. The lowest BCUT2D eigenvalue weighted by molar-refractivity contribution is -0.119. The van der Waals surface area contributed by atoms with Crippen LogP contribution in [-0.4, -0.2) is 38.9 Å². The number of halogens is 1. The van der Waals surface area contributed by atoms with E-state index in [9.17, 15) is 18.0 Å². The number of carbonyl (C=O) groups is 1. The SMILES string of the molecule is CN(C)S(=O)(=O)C(C(=O)C(Br)([C]=O)c1cccs1)c1ccccc1. The Morgan fingerprint density at radius 1 is 1.21 bits per heavy atom. The molecule has 2 atom stereocenters. The number of hydrogen-bond acceptors (Lipinski definition) is 5. The molecule has 1 aromatic heterocycles. The van der Waals surface area contributed by atoms with Gasteiger partial charge >= 0.3 is 0 Å². The van der Waals surface area contributed by atoms with Crippen molar-refractivity contribution in [2.75, 3.05) is 14.1 Å². The molecule has 0 fully saturated rings. The van der Waals surface area contributed by atoms with Crippen molar-refractivity contribution in [3.8, 4) is 0 Å². The summed E-state index contributed by atoms with van der Waals surface area (Å²) in [6.07, 6.45) is 1.69. The summed E-state index contributed by atoms with van der Waals surface area (Å²) in [6, 6.07) is 11.4. The molecule has 0 saturated carbocycles. The fourth-order valence-corrected chi connectivity index (χ4v) is 5.10. The molecule has 24 heavy (non-hydrogen) atoms. The minimum Gasteiger partial charge on any atom is -0.295 e. The zero-order valence-electron chi connectivity index (χ0n) is 13.0. The highest BCUT2D eigenvalue weighted by molar-refractivity contribution is 9.10. The van der Waals surface area contributed by atoms with Gasteiger partial charge in [0.15, 0.2) is 15.4 Å². The number of Topliss-reactive ketones (excluding diaryl/α,β-unsaturated/α-hetero) is 1. The molecule has 0 spiro atoms. The molecule has 0 saturated heterocycles. The number of ketones is 1. The third kappa shape index (κ3) is 3.37. The van der Waals surface area contributed by atoms with Crippen molar-refractivity contribution in [1.29, 1.82) is 0 Å². The Balaban J connectivity index is 2.64. The summed E-state index contributed by atoms with van der Waals surface area (Å²) in [5.74, 6) is -0.792. The number of alkyl halides is 1. The minimum atomic E-state index is -4.00. The lowest BCUT2D eigenvalue weighted by atomic mass is 9.97. The zero-order valence-corrected chi connectivity index (χ0v) is 16.2. The van der Waals surface area contributed by atoms with Gasteiger partial charge in [-0.05, 0) is 17.0 Å². The van der Waals surface area contributed by atoms with E-state index in [0.29, 0.717) is 10.4 Å². The van der Waals surface area contributed by atoms with Crippen LogP contribution in [0.3, 0.4) is 0 Å². The maximum atomic E-state index is 13.1. The highest BCUT2D eigenvalue weighted by atomic mass is 79.9. The summed E-state index contributed by atoms with van der Waals surface area (Å²) in [7, 11) is -1.29. The van der Waals surface area contributed by atoms with Gasteiger partial charge in [0.05, 0.1) is 0 Å². The number of benzene rings is 1. The summed E-state index contributed by atoms with van der Waals surface area (Å²) in [5, 5.41) is 0.185. The molecule has 2 unspecified atom stereocenters. The van der Waals surface area contributed by atoms with Crippen LogP contribution in [0.5, 0.6) is 0 Å². The Morgan fingerprint density at radius 2 is 1.83 bits per heavy atom. The van der Waals surface area contributed by atoms with Crippen molar-refractivity contribution in [2.24, 2.45) is 0 Å². The quantitative estimate of drug-likeness (QED) is 0.501. The largest absolute Gasteiger partial charge is 0.295 e. The van der Waals surface area contributed by atoms with Crippen molar-refractivity contribution in [1.82, 2.24) is 4.31 Å². The zero-order chi connectivity index (χ0) is 18.0. The van der Waals surface area contributed by atoms with Gasteiger partial charge in [-0.15, -0.1) is 11.3 Å². The maximum absolute atomic E-state index is 13.1. The van der Waals surface area contributed by atoms with Gasteiger partial charge in [0.1, 0.15) is 0 Å². The van der Waals surface area contributed by atoms with E-state index in [4.69, 9.17) is 0 Å². The van der Waals surface area contributed by atoms with Gasteiger partial charge in [-0.2, -0.15) is 0 Å². The first-order valence-electron chi connectivity index (χ1n) is 6.88. The minimum absolute atomic E-state index is 0.298. The fourth-order valence-electron chi connectivity index (χ4n) is 2.17. The second-order valence-corrected chi connectivity index (χ2v) is 9.59. The molecule has 5 nitrogen and oxygen atoms in total. The lowest BCUT2D eigenvalue weighted by Gasteiger charge is -2.26. The van der Waals surface area contributed by atoms with Crippen molar-refractivity contribution in [3.63, 3.8) is 0 Å². The molecule has 2 rings (SSSR count). The monoisotopic (exact) mass is 428 g/mol. The summed E-state index contributed by atoms with van der Waals surface area (Å²) >= 11 is 4.31. The number of thiophene rings is 1. The molecule has 8 heteroatoms. The molecule has 0 amide bonds. The van der Waals surface area contributed by atoms with Crippen LogP contribution >= 0.6 is 27.3 Å². The Morgan fingerprint density at radius 3 is 2.29 bits per heavy atom. The molecule has 0 aliphatic heterocycles. The van der Waals surface area contributed by atoms with E-state index in [1.54, 1.807) is 54.1 Å². The van der Waals surface area contributed by atoms with Gasteiger partial charge in [-0.25, -0.2) is 12.7 Å². The van der Waals surface area contributed by atoms with Crippen LogP contribution in [0.2, 0.25) is 0 Å². The molecule has 0 bridgehead atoms. The molecule has 2 aromatic rings. The van der Waals surface area contributed by atoms with Gasteiger partial charge in [-0.1, -0.05) is 52.3 Å². The fraction of sp³-hybridized carbons (Fsp3) is 0.250. The molecule has 0 aliphatic carbocycles. The van der Waals surface area contributed by atoms with E-state index in [0.717, 1.165) is 4.31 Å². The van der Waals surface area contributed by atoms with Crippen LogP contribution in [0.1, 0.15) is 15.7 Å². The first-order valence-corrected chi connectivity index (χ1v) is 10.1. The topological polar surface area (TPSA) is 71.5 Å². The van der Waals surface area contributed by atoms with Gasteiger partial charge in [0, 0.05) is 19.0 Å². The highest BCUT2D eigenvalue weighted by Crippen LogP contribution is 2.40. The molecular formula is C16H15BrNO4S2. The maximum Gasteiger partial charge on any atom is 0.230 e. The van der Waals surface area contributed by atoms with E-state index in [1.807, 2.05) is 0 Å². The van der Waals surface area contributed by atoms with Crippen LogP contribution in [0, 0.1) is 0 Å². The van der Waals surface area contributed by atoms with Gasteiger partial charge in [0.2, 0.25) is 16.3 Å². The third-order valence-electron chi connectivity index (χ3n) is 3.49. The van der Waals surface area contributed by atoms with Crippen LogP contribution in [0.4, 0.5) is 0 Å². The number of rotatable bonds is 7. The first-order chi connectivity index (χ1) is 11.2. The number of hydrogen-bond donors (Lipinski definition) is 0. The van der Waals surface area contributed by atoms with E-state index in [2.05, 4.69) is 15.9 Å². The Bertz CT molecular complexity index is 819. The predicted molar refractivity (Wildman–Crippen MR) is 97.4 cm³/mol. The normalized spacial score (nSPS) is 15.7. The number of carbonyl (C=O) groups excluding carboxylic acids is 2. The van der Waals surface area contributed by atoms with Crippen LogP contribution < -0.4 is 0 Å². The van der Waals surface area contributed by atoms with E-state index in [1.165, 1.54) is 25.4 Å². The summed E-state index contributed by atoms with van der Waals surface area (Å²) in [4.78, 5) is 25.1. The third-order valence-corrected chi connectivity index (χ3v) is 7.82. The van der Waals surface area contributed by atoms with Crippen LogP contribution in [-0.2, 0) is 23.9 Å². The van der Waals surface area contributed by atoms with Crippen LogP contribution in [0.15, 0.2) is 47.8 Å². The molecule has 1 radical (unpaired) electrons. The molecule has 0 aliphatic rings.